The van der Waals surface area contributed by atoms with Crippen LogP contribution >= 0.6 is 0 Å². The Morgan fingerprint density at radius 3 is 2.64 bits per heavy atom. The Balaban J connectivity index is 1.90. The first kappa shape index (κ1) is 14.6. The first-order valence-corrected chi connectivity index (χ1v) is 7.45. The molecule has 0 aliphatic carbocycles. The number of Topliss-reactive ketones (excluding diaryl/α,β-unsaturated/α-hetero) is 1. The maximum Gasteiger partial charge on any atom is 0.270 e. The Morgan fingerprint density at radius 2 is 1.95 bits per heavy atom. The van der Waals surface area contributed by atoms with Crippen molar-refractivity contribution in [3.8, 4) is 0 Å². The van der Waals surface area contributed by atoms with Gasteiger partial charge in [0.1, 0.15) is 5.69 Å². The van der Waals surface area contributed by atoms with Gasteiger partial charge in [0.25, 0.3) is 5.91 Å². The molecule has 3 rings (SSSR count). The second kappa shape index (κ2) is 5.13. The van der Waals surface area contributed by atoms with Crippen molar-refractivity contribution >= 4 is 11.7 Å². The molecule has 0 atom stereocenters. The minimum atomic E-state index is -0.0828. The van der Waals surface area contributed by atoms with Gasteiger partial charge in [0, 0.05) is 30.3 Å². The number of carbonyl (C=O) groups is 2. The third-order valence-corrected chi connectivity index (χ3v) is 4.30. The van der Waals surface area contributed by atoms with Crippen LogP contribution in [0.4, 0.5) is 0 Å². The van der Waals surface area contributed by atoms with Gasteiger partial charge in [-0.15, -0.1) is 0 Å². The third-order valence-electron chi connectivity index (χ3n) is 4.30. The number of aromatic amines is 1. The Kier molecular flexibility index (Phi) is 3.39. The largest absolute Gasteiger partial charge is 0.356 e. The average Bonchev–Trinajstić information content (AvgIpc) is 2.96. The highest BCUT2D eigenvalue weighted by Gasteiger charge is 2.34. The topological polar surface area (TPSA) is 53.2 Å². The van der Waals surface area contributed by atoms with Crippen molar-refractivity contribution in [3.63, 3.8) is 0 Å². The van der Waals surface area contributed by atoms with Gasteiger partial charge in [-0.05, 0) is 24.1 Å². The van der Waals surface area contributed by atoms with Crippen molar-refractivity contribution in [2.45, 2.75) is 32.7 Å². The number of aromatic nitrogens is 1. The summed E-state index contributed by atoms with van der Waals surface area (Å²) < 4.78 is 0. The predicted octanol–water partition coefficient (Wildman–Crippen LogP) is 3.15. The smallest absolute Gasteiger partial charge is 0.270 e. The summed E-state index contributed by atoms with van der Waals surface area (Å²) in [5.74, 6) is -0.102. The van der Waals surface area contributed by atoms with Crippen LogP contribution in [0, 0.1) is 0 Å². The quantitative estimate of drug-likeness (QED) is 0.866. The number of amides is 1. The molecular formula is C18H20N2O2. The predicted molar refractivity (Wildman–Crippen MR) is 85.0 cm³/mol. The van der Waals surface area contributed by atoms with Gasteiger partial charge in [-0.25, -0.2) is 0 Å². The lowest BCUT2D eigenvalue weighted by Crippen LogP contribution is -2.45. The monoisotopic (exact) mass is 296 g/mol. The van der Waals surface area contributed by atoms with Crippen molar-refractivity contribution in [2.24, 2.45) is 0 Å². The van der Waals surface area contributed by atoms with Crippen LogP contribution < -0.4 is 0 Å². The van der Waals surface area contributed by atoms with E-state index in [0.717, 1.165) is 0 Å². The molecule has 0 fully saturated rings. The number of rotatable bonds is 2. The fourth-order valence-corrected chi connectivity index (χ4v) is 3.18. The van der Waals surface area contributed by atoms with Crippen LogP contribution in [0.2, 0.25) is 0 Å². The molecular weight excluding hydrogens is 276 g/mol. The molecule has 1 aliphatic rings. The molecule has 4 nitrogen and oxygen atoms in total. The van der Waals surface area contributed by atoms with Crippen LogP contribution in [0.3, 0.4) is 0 Å². The number of carbonyl (C=O) groups excluding carboxylic acids is 2. The van der Waals surface area contributed by atoms with Crippen molar-refractivity contribution in [3.05, 3.63) is 58.9 Å². The van der Waals surface area contributed by atoms with E-state index in [1.807, 2.05) is 17.0 Å². The van der Waals surface area contributed by atoms with E-state index in [0.29, 0.717) is 24.3 Å². The molecule has 22 heavy (non-hydrogen) atoms. The molecule has 0 bridgehead atoms. The fraction of sp³-hybridized carbons (Fsp3) is 0.333. The lowest BCUT2D eigenvalue weighted by atomic mass is 9.78. The Bertz CT molecular complexity index is 743. The average molecular weight is 296 g/mol. The minimum Gasteiger partial charge on any atom is -0.356 e. The van der Waals surface area contributed by atoms with E-state index in [9.17, 15) is 9.59 Å². The van der Waals surface area contributed by atoms with Gasteiger partial charge in [-0.2, -0.15) is 0 Å². The highest BCUT2D eigenvalue weighted by atomic mass is 16.2. The van der Waals surface area contributed by atoms with Gasteiger partial charge in [0.2, 0.25) is 0 Å². The highest BCUT2D eigenvalue weighted by molar-refractivity contribution is 5.99. The Hall–Kier alpha value is -2.36. The van der Waals surface area contributed by atoms with Gasteiger partial charge in [0.15, 0.2) is 5.78 Å². The van der Waals surface area contributed by atoms with E-state index in [4.69, 9.17) is 0 Å². The number of hydrogen-bond donors (Lipinski definition) is 1. The van der Waals surface area contributed by atoms with Gasteiger partial charge in [-0.1, -0.05) is 38.1 Å². The van der Waals surface area contributed by atoms with Crippen molar-refractivity contribution < 1.29 is 9.59 Å². The van der Waals surface area contributed by atoms with E-state index in [1.54, 1.807) is 12.3 Å². The highest BCUT2D eigenvalue weighted by Crippen LogP contribution is 2.33. The molecule has 0 spiro atoms. The number of ketones is 1. The molecule has 2 aromatic rings. The number of fused-ring (bicyclic) bond motifs is 1. The number of benzene rings is 1. The van der Waals surface area contributed by atoms with Crippen molar-refractivity contribution in [2.75, 3.05) is 6.54 Å². The maximum atomic E-state index is 12.7. The molecule has 2 heterocycles. The number of H-pyrrole nitrogens is 1. The lowest BCUT2D eigenvalue weighted by molar-refractivity contribution is 0.0681. The normalized spacial score (nSPS) is 16.2. The van der Waals surface area contributed by atoms with Crippen molar-refractivity contribution in [1.82, 2.24) is 9.88 Å². The molecule has 1 aromatic heterocycles. The van der Waals surface area contributed by atoms with E-state index in [1.165, 1.54) is 18.1 Å². The first-order valence-electron chi connectivity index (χ1n) is 7.45. The van der Waals surface area contributed by atoms with E-state index in [2.05, 4.69) is 31.0 Å². The third kappa shape index (κ3) is 2.45. The molecule has 1 N–H and O–H groups in total. The second-order valence-electron chi connectivity index (χ2n) is 6.56. The van der Waals surface area contributed by atoms with Gasteiger partial charge >= 0.3 is 0 Å². The van der Waals surface area contributed by atoms with E-state index in [-0.39, 0.29) is 17.1 Å². The van der Waals surface area contributed by atoms with Gasteiger partial charge in [0.05, 0.1) is 0 Å². The van der Waals surface area contributed by atoms with Crippen molar-refractivity contribution in [1.29, 1.82) is 0 Å². The summed E-state index contributed by atoms with van der Waals surface area (Å²) in [6, 6.07) is 9.90. The molecule has 0 saturated carbocycles. The molecule has 0 unspecified atom stereocenters. The molecule has 0 saturated heterocycles. The number of hydrogen-bond acceptors (Lipinski definition) is 2. The summed E-state index contributed by atoms with van der Waals surface area (Å²) >= 11 is 0. The molecule has 114 valence electrons. The van der Waals surface area contributed by atoms with Crippen LogP contribution in [0.25, 0.3) is 0 Å². The maximum absolute atomic E-state index is 12.7. The fourth-order valence-electron chi connectivity index (χ4n) is 3.18. The van der Waals surface area contributed by atoms with Crippen LogP contribution in [-0.4, -0.2) is 28.1 Å². The van der Waals surface area contributed by atoms with Gasteiger partial charge < -0.3 is 9.88 Å². The summed E-state index contributed by atoms with van der Waals surface area (Å²) in [5, 5.41) is 0. The SMILES string of the molecule is CC(=O)c1c[nH]c(C(=O)N2Cc3ccccc3C(C)(C)C2)c1. The van der Waals surface area contributed by atoms with E-state index < -0.39 is 0 Å². The molecule has 0 radical (unpaired) electrons. The summed E-state index contributed by atoms with van der Waals surface area (Å²) in [6.07, 6.45) is 1.60. The Morgan fingerprint density at radius 1 is 1.23 bits per heavy atom. The summed E-state index contributed by atoms with van der Waals surface area (Å²) in [4.78, 5) is 28.9. The molecule has 1 aliphatic heterocycles. The van der Waals surface area contributed by atoms with Crippen LogP contribution in [0.1, 0.15) is 52.7 Å². The summed E-state index contributed by atoms with van der Waals surface area (Å²) in [5.41, 5.74) is 3.42. The zero-order chi connectivity index (χ0) is 15.9. The molecule has 4 heteroatoms. The lowest BCUT2D eigenvalue weighted by Gasteiger charge is -2.39. The zero-order valence-corrected chi connectivity index (χ0v) is 13.1. The van der Waals surface area contributed by atoms with E-state index >= 15 is 0 Å². The zero-order valence-electron chi connectivity index (χ0n) is 13.1. The standard InChI is InChI=1S/C18H20N2O2/c1-12(21)14-8-16(19-9-14)17(22)20-10-13-6-4-5-7-15(13)18(2,3)11-20/h4-9,19H,10-11H2,1-3H3. The first-order chi connectivity index (χ1) is 10.4. The minimum absolute atomic E-state index is 0.0420. The summed E-state index contributed by atoms with van der Waals surface area (Å²) in [6.45, 7) is 7.07. The second-order valence-corrected chi connectivity index (χ2v) is 6.56. The van der Waals surface area contributed by atoms with Crippen LogP contribution in [0.5, 0.6) is 0 Å². The summed E-state index contributed by atoms with van der Waals surface area (Å²) in [7, 11) is 0. The van der Waals surface area contributed by atoms with Crippen LogP contribution in [0.15, 0.2) is 36.5 Å². The molecule has 1 amide bonds. The number of nitrogens with zero attached hydrogens (tertiary/aromatic N) is 1. The number of nitrogens with one attached hydrogen (secondary N) is 1. The Labute approximate surface area is 130 Å². The van der Waals surface area contributed by atoms with Crippen LogP contribution in [-0.2, 0) is 12.0 Å². The van der Waals surface area contributed by atoms with Gasteiger partial charge in [-0.3, -0.25) is 9.59 Å². The molecule has 1 aromatic carbocycles.